The van der Waals surface area contributed by atoms with Crippen LogP contribution in [-0.2, 0) is 13.6 Å². The van der Waals surface area contributed by atoms with Gasteiger partial charge in [0.05, 0.1) is 17.7 Å². The molecule has 0 saturated carbocycles. The lowest BCUT2D eigenvalue weighted by Gasteiger charge is -2.08. The van der Waals surface area contributed by atoms with Crippen LogP contribution < -0.4 is 5.32 Å². The minimum absolute atomic E-state index is 0.276. The first-order valence-corrected chi connectivity index (χ1v) is 7.26. The maximum absolute atomic E-state index is 12.3. The first-order chi connectivity index (χ1) is 10.9. The standard InChI is InChI=1S/C17H17N3O3/c1-10-4-6-12(19(10)2)9-18-15(21)11-5-7-13-14(8-11)17(23)20(3)16(13)22/h4-8H,9H2,1-3H3,(H,18,21). The molecule has 118 valence electrons. The number of nitrogens with one attached hydrogen (secondary N) is 1. The summed E-state index contributed by atoms with van der Waals surface area (Å²) in [6.45, 7) is 2.39. The van der Waals surface area contributed by atoms with Crippen LogP contribution in [0.3, 0.4) is 0 Å². The second-order valence-electron chi connectivity index (χ2n) is 5.64. The predicted octanol–water partition coefficient (Wildman–Crippen LogP) is 1.49. The highest BCUT2D eigenvalue weighted by atomic mass is 16.2. The Hall–Kier alpha value is -2.89. The van der Waals surface area contributed by atoms with Crippen LogP contribution in [0.1, 0.15) is 42.5 Å². The Bertz CT molecular complexity index is 836. The number of imide groups is 1. The number of benzene rings is 1. The molecule has 1 aromatic carbocycles. The molecule has 3 amide bonds. The van der Waals surface area contributed by atoms with Crippen LogP contribution in [0, 0.1) is 6.92 Å². The molecule has 0 spiro atoms. The van der Waals surface area contributed by atoms with Gasteiger partial charge in [0.15, 0.2) is 0 Å². The number of carbonyl (C=O) groups excluding carboxylic acids is 3. The fourth-order valence-corrected chi connectivity index (χ4v) is 2.62. The summed E-state index contributed by atoms with van der Waals surface area (Å²) in [7, 11) is 3.37. The highest BCUT2D eigenvalue weighted by Gasteiger charge is 2.33. The molecule has 0 aliphatic carbocycles. The summed E-state index contributed by atoms with van der Waals surface area (Å²) < 4.78 is 2.00. The van der Waals surface area contributed by atoms with E-state index in [1.807, 2.05) is 30.7 Å². The number of amides is 3. The highest BCUT2D eigenvalue weighted by Crippen LogP contribution is 2.22. The van der Waals surface area contributed by atoms with Crippen molar-refractivity contribution in [3.63, 3.8) is 0 Å². The van der Waals surface area contributed by atoms with Crippen LogP contribution in [0.25, 0.3) is 0 Å². The molecular formula is C17H17N3O3. The van der Waals surface area contributed by atoms with Crippen molar-refractivity contribution in [2.75, 3.05) is 7.05 Å². The van der Waals surface area contributed by atoms with E-state index in [2.05, 4.69) is 5.32 Å². The van der Waals surface area contributed by atoms with Gasteiger partial charge in [-0.25, -0.2) is 0 Å². The molecule has 1 aromatic heterocycles. The second-order valence-corrected chi connectivity index (χ2v) is 5.64. The minimum atomic E-state index is -0.377. The molecule has 0 radical (unpaired) electrons. The van der Waals surface area contributed by atoms with E-state index in [0.29, 0.717) is 17.7 Å². The van der Waals surface area contributed by atoms with E-state index < -0.39 is 0 Å². The minimum Gasteiger partial charge on any atom is -0.350 e. The zero-order chi connectivity index (χ0) is 16.7. The molecule has 3 rings (SSSR count). The van der Waals surface area contributed by atoms with Crippen LogP contribution in [0.15, 0.2) is 30.3 Å². The van der Waals surface area contributed by atoms with Crippen LogP contribution in [0.2, 0.25) is 0 Å². The van der Waals surface area contributed by atoms with E-state index in [-0.39, 0.29) is 23.3 Å². The lowest BCUT2D eigenvalue weighted by Crippen LogP contribution is -2.25. The summed E-state index contributed by atoms with van der Waals surface area (Å²) in [5.41, 5.74) is 3.08. The summed E-state index contributed by atoms with van der Waals surface area (Å²) in [4.78, 5) is 37.1. The Balaban J connectivity index is 1.78. The lowest BCUT2D eigenvalue weighted by atomic mass is 10.1. The molecular weight excluding hydrogens is 294 g/mol. The fraction of sp³-hybridized carbons (Fsp3) is 0.235. The largest absolute Gasteiger partial charge is 0.350 e. The number of aryl methyl sites for hydroxylation is 1. The Morgan fingerprint density at radius 2 is 1.74 bits per heavy atom. The van der Waals surface area contributed by atoms with E-state index in [1.165, 1.54) is 19.2 Å². The number of rotatable bonds is 3. The van der Waals surface area contributed by atoms with Crippen molar-refractivity contribution in [1.29, 1.82) is 0 Å². The smallest absolute Gasteiger partial charge is 0.261 e. The number of aromatic nitrogens is 1. The Labute approximate surface area is 133 Å². The summed E-state index contributed by atoms with van der Waals surface area (Å²) in [6.07, 6.45) is 0. The highest BCUT2D eigenvalue weighted by molar-refractivity contribution is 6.21. The Kier molecular flexibility index (Phi) is 3.52. The molecule has 1 N–H and O–H groups in total. The van der Waals surface area contributed by atoms with E-state index in [1.54, 1.807) is 6.07 Å². The third-order valence-electron chi connectivity index (χ3n) is 4.26. The first-order valence-electron chi connectivity index (χ1n) is 7.26. The van der Waals surface area contributed by atoms with Gasteiger partial charge in [-0.15, -0.1) is 0 Å². The third kappa shape index (κ3) is 2.42. The average molecular weight is 311 g/mol. The number of fused-ring (bicyclic) bond motifs is 1. The first kappa shape index (κ1) is 15.0. The maximum atomic E-state index is 12.3. The van der Waals surface area contributed by atoms with Crippen LogP contribution in [-0.4, -0.2) is 34.2 Å². The molecule has 1 aliphatic rings. The molecule has 2 heterocycles. The summed E-state index contributed by atoms with van der Waals surface area (Å²) >= 11 is 0. The van der Waals surface area contributed by atoms with E-state index >= 15 is 0 Å². The number of hydrogen-bond donors (Lipinski definition) is 1. The van der Waals surface area contributed by atoms with Gasteiger partial charge in [0.25, 0.3) is 17.7 Å². The topological polar surface area (TPSA) is 71.4 Å². The average Bonchev–Trinajstić information content (AvgIpc) is 2.98. The normalized spacial score (nSPS) is 13.4. The van der Waals surface area contributed by atoms with Crippen molar-refractivity contribution < 1.29 is 14.4 Å². The van der Waals surface area contributed by atoms with Crippen molar-refractivity contribution >= 4 is 17.7 Å². The Morgan fingerprint density at radius 3 is 2.39 bits per heavy atom. The van der Waals surface area contributed by atoms with Crippen LogP contribution in [0.5, 0.6) is 0 Å². The molecule has 0 atom stereocenters. The molecule has 0 unspecified atom stereocenters. The van der Waals surface area contributed by atoms with Gasteiger partial charge in [-0.2, -0.15) is 0 Å². The van der Waals surface area contributed by atoms with E-state index in [9.17, 15) is 14.4 Å². The fourth-order valence-electron chi connectivity index (χ4n) is 2.62. The van der Waals surface area contributed by atoms with Gasteiger partial charge in [0, 0.05) is 31.0 Å². The van der Waals surface area contributed by atoms with Gasteiger partial charge in [-0.1, -0.05) is 0 Å². The monoisotopic (exact) mass is 311 g/mol. The lowest BCUT2D eigenvalue weighted by molar-refractivity contribution is 0.0693. The summed E-state index contributed by atoms with van der Waals surface area (Å²) in [6, 6.07) is 8.51. The maximum Gasteiger partial charge on any atom is 0.261 e. The van der Waals surface area contributed by atoms with Crippen molar-refractivity contribution in [1.82, 2.24) is 14.8 Å². The van der Waals surface area contributed by atoms with Crippen molar-refractivity contribution in [2.45, 2.75) is 13.5 Å². The number of carbonyl (C=O) groups is 3. The van der Waals surface area contributed by atoms with Gasteiger partial charge in [-0.05, 0) is 37.3 Å². The van der Waals surface area contributed by atoms with Crippen molar-refractivity contribution in [3.05, 3.63) is 58.4 Å². The molecule has 2 aromatic rings. The van der Waals surface area contributed by atoms with Crippen molar-refractivity contribution in [2.24, 2.45) is 7.05 Å². The van der Waals surface area contributed by atoms with Gasteiger partial charge >= 0.3 is 0 Å². The van der Waals surface area contributed by atoms with Gasteiger partial charge in [0.2, 0.25) is 0 Å². The molecule has 0 saturated heterocycles. The molecule has 0 fully saturated rings. The second kappa shape index (κ2) is 5.39. The molecule has 1 aliphatic heterocycles. The number of nitrogens with zero attached hydrogens (tertiary/aromatic N) is 2. The molecule has 0 bridgehead atoms. The summed E-state index contributed by atoms with van der Waals surface area (Å²) in [5, 5.41) is 2.83. The van der Waals surface area contributed by atoms with E-state index in [4.69, 9.17) is 0 Å². The summed E-state index contributed by atoms with van der Waals surface area (Å²) in [5.74, 6) is -0.990. The Morgan fingerprint density at radius 1 is 1.04 bits per heavy atom. The zero-order valence-corrected chi connectivity index (χ0v) is 13.2. The van der Waals surface area contributed by atoms with Crippen LogP contribution >= 0.6 is 0 Å². The van der Waals surface area contributed by atoms with Gasteiger partial charge in [0.1, 0.15) is 0 Å². The molecule has 6 heteroatoms. The third-order valence-corrected chi connectivity index (χ3v) is 4.26. The molecule has 23 heavy (non-hydrogen) atoms. The quantitative estimate of drug-likeness (QED) is 0.873. The SMILES string of the molecule is Cc1ccc(CNC(=O)c2ccc3c(c2)C(=O)N(C)C3=O)n1C. The zero-order valence-electron chi connectivity index (χ0n) is 13.2. The van der Waals surface area contributed by atoms with E-state index in [0.717, 1.165) is 16.3 Å². The molecule has 6 nitrogen and oxygen atoms in total. The number of hydrogen-bond acceptors (Lipinski definition) is 3. The predicted molar refractivity (Wildman–Crippen MR) is 84.2 cm³/mol. The van der Waals surface area contributed by atoms with Crippen LogP contribution in [0.4, 0.5) is 0 Å². The van der Waals surface area contributed by atoms with Gasteiger partial charge in [-0.3, -0.25) is 19.3 Å². The van der Waals surface area contributed by atoms with Gasteiger partial charge < -0.3 is 9.88 Å². The van der Waals surface area contributed by atoms with Crippen molar-refractivity contribution in [3.8, 4) is 0 Å².